The summed E-state index contributed by atoms with van der Waals surface area (Å²) >= 11 is 0. The Bertz CT molecular complexity index is 552. The minimum atomic E-state index is -3.83. The predicted octanol–water partition coefficient (Wildman–Crippen LogP) is 0.611. The maximum absolute atomic E-state index is 11.6. The van der Waals surface area contributed by atoms with Crippen LogP contribution < -0.4 is 5.14 Å². The van der Waals surface area contributed by atoms with Crippen molar-refractivity contribution in [1.82, 2.24) is 0 Å². The van der Waals surface area contributed by atoms with Crippen LogP contribution in [0.4, 0.5) is 0 Å². The Morgan fingerprint density at radius 1 is 1.35 bits per heavy atom. The van der Waals surface area contributed by atoms with Gasteiger partial charge in [-0.15, -0.1) is 0 Å². The molecule has 17 heavy (non-hydrogen) atoms. The Morgan fingerprint density at radius 3 is 2.53 bits per heavy atom. The predicted molar refractivity (Wildman–Crippen MR) is 60.7 cm³/mol. The number of cyclic esters (lactones) is 1. The van der Waals surface area contributed by atoms with Crippen molar-refractivity contribution in [2.75, 3.05) is 6.61 Å². The summed E-state index contributed by atoms with van der Waals surface area (Å²) in [5.41, 5.74) is 0.421. The maximum atomic E-state index is 11.6. The van der Waals surface area contributed by atoms with Crippen molar-refractivity contribution in [3.8, 4) is 0 Å². The molecule has 0 bridgehead atoms. The molecule has 0 saturated carbocycles. The summed E-state index contributed by atoms with van der Waals surface area (Å²) in [6.07, 6.45) is 0. The number of rotatable bonds is 2. The van der Waals surface area contributed by atoms with Crippen LogP contribution in [0.3, 0.4) is 0 Å². The van der Waals surface area contributed by atoms with Crippen LogP contribution in [0.5, 0.6) is 0 Å². The molecule has 0 amide bonds. The van der Waals surface area contributed by atoms with Crippen LogP contribution in [-0.2, 0) is 19.6 Å². The summed E-state index contributed by atoms with van der Waals surface area (Å²) in [5.74, 6) is -0.997. The molecule has 1 aliphatic rings. The topological polar surface area (TPSA) is 86.5 Å². The number of nitrogens with two attached hydrogens (primary N) is 1. The molecule has 1 aliphatic heterocycles. The van der Waals surface area contributed by atoms with Crippen LogP contribution in [0.25, 0.3) is 0 Å². The highest BCUT2D eigenvalue weighted by atomic mass is 32.2. The van der Waals surface area contributed by atoms with Crippen LogP contribution in [-0.4, -0.2) is 21.0 Å². The Hall–Kier alpha value is -1.40. The molecule has 2 unspecified atom stereocenters. The van der Waals surface area contributed by atoms with Crippen LogP contribution in [0.2, 0.25) is 0 Å². The van der Waals surface area contributed by atoms with Crippen molar-refractivity contribution in [1.29, 1.82) is 0 Å². The Balaban J connectivity index is 2.56. The molecule has 1 fully saturated rings. The van der Waals surface area contributed by atoms with E-state index in [4.69, 9.17) is 9.88 Å². The number of hydrogen-bond donors (Lipinski definition) is 1. The summed E-state index contributed by atoms with van der Waals surface area (Å²) in [7, 11) is -3.83. The zero-order chi connectivity index (χ0) is 12.6. The lowest BCUT2D eigenvalue weighted by Crippen LogP contribution is -2.19. The standard InChI is InChI=1S/C11H13NO4S/c1-7-6-16-11(13)10(7)8-4-2-3-5-9(8)17(12,14)15/h2-5,7,10H,6H2,1H3,(H2,12,14,15). The van der Waals surface area contributed by atoms with Crippen LogP contribution >= 0.6 is 0 Å². The number of primary sulfonamides is 1. The SMILES string of the molecule is CC1COC(=O)C1c1ccccc1S(N)(=O)=O. The smallest absolute Gasteiger partial charge is 0.313 e. The molecule has 92 valence electrons. The Kier molecular flexibility index (Phi) is 2.92. The van der Waals surface area contributed by atoms with Gasteiger partial charge in [0.15, 0.2) is 0 Å². The quantitative estimate of drug-likeness (QED) is 0.784. The van der Waals surface area contributed by atoms with E-state index in [1.165, 1.54) is 6.07 Å². The average Bonchev–Trinajstić information content (AvgIpc) is 2.57. The fourth-order valence-electron chi connectivity index (χ4n) is 2.06. The molecule has 1 saturated heterocycles. The van der Waals surface area contributed by atoms with Gasteiger partial charge in [-0.1, -0.05) is 25.1 Å². The molecule has 0 radical (unpaired) electrons. The number of carbonyl (C=O) groups excluding carboxylic acids is 1. The maximum Gasteiger partial charge on any atom is 0.313 e. The van der Waals surface area contributed by atoms with Crippen LogP contribution in [0, 0.1) is 5.92 Å². The van der Waals surface area contributed by atoms with Crippen molar-refractivity contribution in [3.63, 3.8) is 0 Å². The van der Waals surface area contributed by atoms with Gasteiger partial charge in [0.1, 0.15) is 0 Å². The lowest BCUT2D eigenvalue weighted by molar-refractivity contribution is -0.139. The number of sulfonamides is 1. The minimum absolute atomic E-state index is 0.00398. The van der Waals surface area contributed by atoms with Gasteiger partial charge in [-0.3, -0.25) is 4.79 Å². The second kappa shape index (κ2) is 4.12. The average molecular weight is 255 g/mol. The van der Waals surface area contributed by atoms with Crippen molar-refractivity contribution in [2.24, 2.45) is 11.1 Å². The van der Waals surface area contributed by atoms with E-state index in [2.05, 4.69) is 0 Å². The zero-order valence-corrected chi connectivity index (χ0v) is 10.1. The van der Waals surface area contributed by atoms with Gasteiger partial charge in [0.2, 0.25) is 10.0 Å². The molecule has 0 aliphatic carbocycles. The fourth-order valence-corrected chi connectivity index (χ4v) is 2.85. The molecule has 5 nitrogen and oxygen atoms in total. The summed E-state index contributed by atoms with van der Waals surface area (Å²) in [4.78, 5) is 11.6. The summed E-state index contributed by atoms with van der Waals surface area (Å²) in [5, 5.41) is 5.14. The highest BCUT2D eigenvalue weighted by Crippen LogP contribution is 2.34. The lowest BCUT2D eigenvalue weighted by Gasteiger charge is -2.14. The summed E-state index contributed by atoms with van der Waals surface area (Å²) < 4.78 is 27.8. The van der Waals surface area contributed by atoms with Gasteiger partial charge in [0.05, 0.1) is 17.4 Å². The third-order valence-electron chi connectivity index (χ3n) is 2.87. The monoisotopic (exact) mass is 255 g/mol. The highest BCUT2D eigenvalue weighted by Gasteiger charge is 2.37. The van der Waals surface area contributed by atoms with Crippen LogP contribution in [0.15, 0.2) is 29.2 Å². The third kappa shape index (κ3) is 2.18. The van der Waals surface area contributed by atoms with E-state index in [1.54, 1.807) is 18.2 Å². The Labute approximate surface area is 99.6 Å². The van der Waals surface area contributed by atoms with Gasteiger partial charge in [0.25, 0.3) is 0 Å². The lowest BCUT2D eigenvalue weighted by atomic mass is 9.90. The van der Waals surface area contributed by atoms with E-state index < -0.39 is 21.9 Å². The van der Waals surface area contributed by atoms with Gasteiger partial charge in [-0.25, -0.2) is 13.6 Å². The van der Waals surface area contributed by atoms with E-state index in [0.717, 1.165) is 0 Å². The number of benzene rings is 1. The van der Waals surface area contributed by atoms with E-state index in [9.17, 15) is 13.2 Å². The van der Waals surface area contributed by atoms with Gasteiger partial charge in [-0.05, 0) is 11.6 Å². The van der Waals surface area contributed by atoms with E-state index >= 15 is 0 Å². The van der Waals surface area contributed by atoms with E-state index in [1.807, 2.05) is 6.92 Å². The van der Waals surface area contributed by atoms with Crippen molar-refractivity contribution >= 4 is 16.0 Å². The zero-order valence-electron chi connectivity index (χ0n) is 9.29. The molecular weight excluding hydrogens is 242 g/mol. The normalized spacial score (nSPS) is 24.7. The summed E-state index contributed by atoms with van der Waals surface area (Å²) in [6, 6.07) is 6.27. The Morgan fingerprint density at radius 2 is 2.00 bits per heavy atom. The largest absolute Gasteiger partial charge is 0.465 e. The van der Waals surface area contributed by atoms with Crippen molar-refractivity contribution in [2.45, 2.75) is 17.7 Å². The van der Waals surface area contributed by atoms with Gasteiger partial charge in [0, 0.05) is 5.92 Å². The molecule has 0 spiro atoms. The molecular formula is C11H13NO4S. The molecule has 2 rings (SSSR count). The molecule has 1 aromatic carbocycles. The van der Waals surface area contributed by atoms with Gasteiger partial charge < -0.3 is 4.74 Å². The van der Waals surface area contributed by atoms with Gasteiger partial charge >= 0.3 is 5.97 Å². The first kappa shape index (κ1) is 12.1. The molecule has 6 heteroatoms. The number of hydrogen-bond acceptors (Lipinski definition) is 4. The van der Waals surface area contributed by atoms with Crippen molar-refractivity contribution in [3.05, 3.63) is 29.8 Å². The fraction of sp³-hybridized carbons (Fsp3) is 0.364. The third-order valence-corrected chi connectivity index (χ3v) is 3.86. The summed E-state index contributed by atoms with van der Waals surface area (Å²) in [6.45, 7) is 2.15. The minimum Gasteiger partial charge on any atom is -0.465 e. The molecule has 1 aromatic rings. The first-order chi connectivity index (χ1) is 7.91. The van der Waals surface area contributed by atoms with Gasteiger partial charge in [-0.2, -0.15) is 0 Å². The molecule has 1 heterocycles. The molecule has 0 aromatic heterocycles. The number of ether oxygens (including phenoxy) is 1. The molecule has 2 atom stereocenters. The second-order valence-corrected chi connectivity index (χ2v) is 5.70. The first-order valence-corrected chi connectivity index (χ1v) is 6.74. The second-order valence-electron chi connectivity index (χ2n) is 4.17. The number of esters is 1. The van der Waals surface area contributed by atoms with E-state index in [-0.39, 0.29) is 10.8 Å². The van der Waals surface area contributed by atoms with E-state index in [0.29, 0.717) is 12.2 Å². The first-order valence-electron chi connectivity index (χ1n) is 5.19. The highest BCUT2D eigenvalue weighted by molar-refractivity contribution is 7.89. The van der Waals surface area contributed by atoms with Crippen LogP contribution in [0.1, 0.15) is 18.4 Å². The van der Waals surface area contributed by atoms with Crippen molar-refractivity contribution < 1.29 is 17.9 Å². The molecule has 2 N–H and O–H groups in total. The number of carbonyl (C=O) groups is 1.